The van der Waals surface area contributed by atoms with Gasteiger partial charge >= 0.3 is 0 Å². The summed E-state index contributed by atoms with van der Waals surface area (Å²) in [6.07, 6.45) is 0.114. The third-order valence-corrected chi connectivity index (χ3v) is 3.75. The van der Waals surface area contributed by atoms with Crippen molar-refractivity contribution in [1.29, 1.82) is 0 Å². The van der Waals surface area contributed by atoms with Crippen LogP contribution < -0.4 is 16.0 Å². The van der Waals surface area contributed by atoms with Crippen molar-refractivity contribution in [3.8, 4) is 0 Å². The molecule has 0 fully saturated rings. The van der Waals surface area contributed by atoms with E-state index in [1.807, 2.05) is 36.4 Å². The van der Waals surface area contributed by atoms with Crippen LogP contribution in [0.25, 0.3) is 0 Å². The van der Waals surface area contributed by atoms with Crippen molar-refractivity contribution in [2.45, 2.75) is 19.4 Å². The molecule has 0 radical (unpaired) electrons. The Morgan fingerprint density at radius 3 is 2.04 bits per heavy atom. The third kappa shape index (κ3) is 6.39. The van der Waals surface area contributed by atoms with Gasteiger partial charge < -0.3 is 16.0 Å². The Hall–Kier alpha value is -3.15. The molecular weight excluding hydrogens is 330 g/mol. The van der Waals surface area contributed by atoms with Crippen LogP contribution in [0.4, 0.5) is 0 Å². The highest BCUT2D eigenvalue weighted by Gasteiger charge is 2.19. The lowest BCUT2D eigenvalue weighted by atomic mass is 10.0. The summed E-state index contributed by atoms with van der Waals surface area (Å²) in [6, 6.07) is 17.8. The fourth-order valence-electron chi connectivity index (χ4n) is 2.47. The topological polar surface area (TPSA) is 87.3 Å². The van der Waals surface area contributed by atoms with Crippen LogP contribution in [0.5, 0.6) is 0 Å². The van der Waals surface area contributed by atoms with E-state index >= 15 is 0 Å². The number of carbonyl (C=O) groups excluding carboxylic acids is 3. The van der Waals surface area contributed by atoms with Gasteiger partial charge in [-0.25, -0.2) is 0 Å². The SMILES string of the molecule is CC(=O)NCCNC(=O)C[C@H](NC(=O)c1ccccc1)c1ccccc1. The second-order valence-electron chi connectivity index (χ2n) is 5.84. The van der Waals surface area contributed by atoms with E-state index in [2.05, 4.69) is 16.0 Å². The molecule has 6 nitrogen and oxygen atoms in total. The van der Waals surface area contributed by atoms with Gasteiger partial charge in [-0.1, -0.05) is 48.5 Å². The van der Waals surface area contributed by atoms with Gasteiger partial charge in [0.1, 0.15) is 0 Å². The average molecular weight is 353 g/mol. The van der Waals surface area contributed by atoms with E-state index in [1.54, 1.807) is 24.3 Å². The van der Waals surface area contributed by atoms with Crippen LogP contribution >= 0.6 is 0 Å². The Kier molecular flexibility index (Phi) is 7.36. The van der Waals surface area contributed by atoms with Gasteiger partial charge in [0.15, 0.2) is 0 Å². The molecule has 0 aromatic heterocycles. The van der Waals surface area contributed by atoms with E-state index in [1.165, 1.54) is 6.92 Å². The molecular formula is C20H23N3O3. The molecule has 0 saturated carbocycles. The molecule has 136 valence electrons. The Balaban J connectivity index is 1.99. The molecule has 0 heterocycles. The van der Waals surface area contributed by atoms with Crippen LogP contribution in [0, 0.1) is 0 Å². The van der Waals surface area contributed by atoms with Crippen molar-refractivity contribution in [1.82, 2.24) is 16.0 Å². The molecule has 0 saturated heterocycles. The van der Waals surface area contributed by atoms with Crippen molar-refractivity contribution >= 4 is 17.7 Å². The van der Waals surface area contributed by atoms with Crippen molar-refractivity contribution in [2.75, 3.05) is 13.1 Å². The van der Waals surface area contributed by atoms with E-state index in [0.717, 1.165) is 5.56 Å². The van der Waals surface area contributed by atoms with Gasteiger partial charge in [0.25, 0.3) is 5.91 Å². The zero-order valence-electron chi connectivity index (χ0n) is 14.7. The highest BCUT2D eigenvalue weighted by molar-refractivity contribution is 5.94. The Morgan fingerprint density at radius 1 is 0.846 bits per heavy atom. The first-order valence-corrected chi connectivity index (χ1v) is 8.48. The minimum Gasteiger partial charge on any atom is -0.355 e. The molecule has 2 aromatic carbocycles. The Bertz CT molecular complexity index is 732. The molecule has 2 rings (SSSR count). The predicted molar refractivity (Wildman–Crippen MR) is 99.4 cm³/mol. The van der Waals surface area contributed by atoms with Gasteiger partial charge in [0.2, 0.25) is 11.8 Å². The molecule has 0 spiro atoms. The fourth-order valence-corrected chi connectivity index (χ4v) is 2.47. The first kappa shape index (κ1) is 19.2. The molecule has 0 aliphatic carbocycles. The lowest BCUT2D eigenvalue weighted by molar-refractivity contribution is -0.122. The number of benzene rings is 2. The molecule has 26 heavy (non-hydrogen) atoms. The maximum Gasteiger partial charge on any atom is 0.251 e. The second-order valence-corrected chi connectivity index (χ2v) is 5.84. The largest absolute Gasteiger partial charge is 0.355 e. The summed E-state index contributed by atoms with van der Waals surface area (Å²) >= 11 is 0. The highest BCUT2D eigenvalue weighted by atomic mass is 16.2. The number of nitrogens with one attached hydrogen (secondary N) is 3. The normalized spacial score (nSPS) is 11.3. The van der Waals surface area contributed by atoms with Crippen molar-refractivity contribution in [2.24, 2.45) is 0 Å². The molecule has 2 aromatic rings. The maximum absolute atomic E-state index is 12.5. The van der Waals surface area contributed by atoms with Crippen LogP contribution in [0.1, 0.15) is 35.3 Å². The molecule has 0 aliphatic heterocycles. The lowest BCUT2D eigenvalue weighted by Gasteiger charge is -2.19. The van der Waals surface area contributed by atoms with E-state index in [0.29, 0.717) is 18.7 Å². The smallest absolute Gasteiger partial charge is 0.251 e. The van der Waals surface area contributed by atoms with Crippen LogP contribution in [-0.4, -0.2) is 30.8 Å². The zero-order chi connectivity index (χ0) is 18.8. The number of carbonyl (C=O) groups is 3. The maximum atomic E-state index is 12.5. The fraction of sp³-hybridized carbons (Fsp3) is 0.250. The summed E-state index contributed by atoms with van der Waals surface area (Å²) in [5.74, 6) is -0.570. The summed E-state index contributed by atoms with van der Waals surface area (Å²) in [5, 5.41) is 8.28. The molecule has 3 N–H and O–H groups in total. The summed E-state index contributed by atoms with van der Waals surface area (Å²) in [7, 11) is 0. The molecule has 3 amide bonds. The van der Waals surface area contributed by atoms with E-state index in [9.17, 15) is 14.4 Å². The summed E-state index contributed by atoms with van der Waals surface area (Å²) in [4.78, 5) is 35.5. The molecule has 0 aliphatic rings. The third-order valence-electron chi connectivity index (χ3n) is 3.75. The summed E-state index contributed by atoms with van der Waals surface area (Å²) in [5.41, 5.74) is 1.40. The van der Waals surface area contributed by atoms with Crippen LogP contribution in [-0.2, 0) is 9.59 Å². The van der Waals surface area contributed by atoms with Gasteiger partial charge in [-0.15, -0.1) is 0 Å². The van der Waals surface area contributed by atoms with E-state index in [-0.39, 0.29) is 24.1 Å². The van der Waals surface area contributed by atoms with Crippen molar-refractivity contribution in [3.63, 3.8) is 0 Å². The highest BCUT2D eigenvalue weighted by Crippen LogP contribution is 2.17. The van der Waals surface area contributed by atoms with Gasteiger partial charge in [-0.2, -0.15) is 0 Å². The quantitative estimate of drug-likeness (QED) is 0.633. The van der Waals surface area contributed by atoms with Crippen LogP contribution in [0.2, 0.25) is 0 Å². The van der Waals surface area contributed by atoms with Gasteiger partial charge in [0.05, 0.1) is 12.5 Å². The van der Waals surface area contributed by atoms with Crippen LogP contribution in [0.15, 0.2) is 60.7 Å². The first-order chi connectivity index (χ1) is 12.6. The predicted octanol–water partition coefficient (Wildman–Crippen LogP) is 1.80. The zero-order valence-corrected chi connectivity index (χ0v) is 14.7. The molecule has 6 heteroatoms. The number of hydrogen-bond acceptors (Lipinski definition) is 3. The van der Waals surface area contributed by atoms with Crippen LogP contribution in [0.3, 0.4) is 0 Å². The summed E-state index contributed by atoms with van der Waals surface area (Å²) in [6.45, 7) is 2.13. The second kappa shape index (κ2) is 9.98. The van der Waals surface area contributed by atoms with Gasteiger partial charge in [0, 0.05) is 25.6 Å². The van der Waals surface area contributed by atoms with Crippen molar-refractivity contribution in [3.05, 3.63) is 71.8 Å². The standard InChI is InChI=1S/C20H23N3O3/c1-15(24)21-12-13-22-19(25)14-18(16-8-4-2-5-9-16)23-20(26)17-10-6-3-7-11-17/h2-11,18H,12-14H2,1H3,(H,21,24)(H,22,25)(H,23,26)/t18-/m0/s1. The minimum absolute atomic E-state index is 0.114. The van der Waals surface area contributed by atoms with Crippen molar-refractivity contribution < 1.29 is 14.4 Å². The number of hydrogen-bond donors (Lipinski definition) is 3. The number of rotatable bonds is 8. The first-order valence-electron chi connectivity index (χ1n) is 8.48. The van der Waals surface area contributed by atoms with Gasteiger partial charge in [-0.05, 0) is 17.7 Å². The average Bonchev–Trinajstić information content (AvgIpc) is 2.66. The Morgan fingerprint density at radius 2 is 1.42 bits per heavy atom. The molecule has 1 atom stereocenters. The monoisotopic (exact) mass is 353 g/mol. The minimum atomic E-state index is -0.440. The summed E-state index contributed by atoms with van der Waals surface area (Å²) < 4.78 is 0. The lowest BCUT2D eigenvalue weighted by Crippen LogP contribution is -2.37. The number of amides is 3. The molecule has 0 bridgehead atoms. The Labute approximate surface area is 153 Å². The van der Waals surface area contributed by atoms with E-state index < -0.39 is 6.04 Å². The molecule has 0 unspecified atom stereocenters. The van der Waals surface area contributed by atoms with E-state index in [4.69, 9.17) is 0 Å². The van der Waals surface area contributed by atoms with Gasteiger partial charge in [-0.3, -0.25) is 14.4 Å².